The molecule has 11 rings (SSSR count). The number of thiophene rings is 1. The number of fused-ring (bicyclic) bond motifs is 4. The second kappa shape index (κ2) is 17.3. The molecule has 0 N–H and O–H groups in total. The summed E-state index contributed by atoms with van der Waals surface area (Å²) in [5, 5.41) is 5.12. The molecule has 0 aliphatic heterocycles. The molecule has 68 heavy (non-hydrogen) atoms. The second-order valence-corrected chi connectivity index (χ2v) is 21.3. The van der Waals surface area contributed by atoms with Crippen molar-refractivity contribution in [3.63, 3.8) is 0 Å². The molecule has 10 aromatic carbocycles. The molecule has 11 aromatic rings. The van der Waals surface area contributed by atoms with Crippen molar-refractivity contribution in [2.24, 2.45) is 0 Å². The molecule has 0 fully saturated rings. The molecule has 1 nitrogen and oxygen atoms in total. The molecule has 0 spiro atoms. The van der Waals surface area contributed by atoms with E-state index in [2.05, 4.69) is 271 Å². The Morgan fingerprint density at radius 3 is 1.40 bits per heavy atom. The van der Waals surface area contributed by atoms with Crippen LogP contribution in [-0.2, 0) is 10.8 Å². The molecule has 0 radical (unpaired) electrons. The summed E-state index contributed by atoms with van der Waals surface area (Å²) in [6.45, 7) is 13.9. The van der Waals surface area contributed by atoms with E-state index in [0.29, 0.717) is 0 Å². The minimum Gasteiger partial charge on any atom is -0.310 e. The van der Waals surface area contributed by atoms with Crippen LogP contribution in [0.1, 0.15) is 52.7 Å². The summed E-state index contributed by atoms with van der Waals surface area (Å²) in [6, 6.07) is 83.2. The normalized spacial score (nSPS) is 12.0. The van der Waals surface area contributed by atoms with Gasteiger partial charge in [-0.3, -0.25) is 0 Å². The third-order valence-electron chi connectivity index (χ3n) is 13.6. The van der Waals surface area contributed by atoms with Crippen LogP contribution in [0.5, 0.6) is 0 Å². The Kier molecular flexibility index (Phi) is 10.9. The quantitative estimate of drug-likeness (QED) is 0.147. The summed E-state index contributed by atoms with van der Waals surface area (Å²) in [5.74, 6) is 0. The summed E-state index contributed by atoms with van der Waals surface area (Å²) in [6.07, 6.45) is 0. The van der Waals surface area contributed by atoms with E-state index in [-0.39, 0.29) is 10.8 Å². The Bertz CT molecular complexity index is 3560. The molecule has 0 saturated carbocycles. The molecule has 330 valence electrons. The van der Waals surface area contributed by atoms with E-state index in [1.807, 2.05) is 11.3 Å². The zero-order chi connectivity index (χ0) is 46.6. The van der Waals surface area contributed by atoms with E-state index in [1.165, 1.54) is 97.7 Å². The minimum absolute atomic E-state index is 0.00273. The molecule has 0 aliphatic rings. The van der Waals surface area contributed by atoms with Crippen molar-refractivity contribution in [2.75, 3.05) is 4.90 Å². The average molecular weight is 894 g/mol. The lowest BCUT2D eigenvalue weighted by molar-refractivity contribution is 0.569. The summed E-state index contributed by atoms with van der Waals surface area (Å²) >= 11 is 1.87. The van der Waals surface area contributed by atoms with Gasteiger partial charge in [0.1, 0.15) is 0 Å². The molecule has 0 bridgehead atoms. The molecular weight excluding hydrogens is 839 g/mol. The summed E-state index contributed by atoms with van der Waals surface area (Å²) in [7, 11) is 0. The Balaban J connectivity index is 1.07. The summed E-state index contributed by atoms with van der Waals surface area (Å²) in [4.78, 5) is 2.45. The largest absolute Gasteiger partial charge is 0.310 e. The number of nitrogens with zero attached hydrogens (tertiary/aromatic N) is 1. The van der Waals surface area contributed by atoms with Crippen LogP contribution in [0.15, 0.2) is 224 Å². The first-order valence-electron chi connectivity index (χ1n) is 23.8. The Labute approximate surface area is 405 Å². The minimum atomic E-state index is -0.00273. The lowest BCUT2D eigenvalue weighted by Gasteiger charge is -2.29. The highest BCUT2D eigenvalue weighted by Gasteiger charge is 2.24. The van der Waals surface area contributed by atoms with E-state index in [4.69, 9.17) is 0 Å². The van der Waals surface area contributed by atoms with Crippen LogP contribution in [0.2, 0.25) is 0 Å². The van der Waals surface area contributed by atoms with E-state index < -0.39 is 0 Å². The topological polar surface area (TPSA) is 3.24 Å². The number of rotatable bonds is 8. The maximum Gasteiger partial charge on any atom is 0.0540 e. The Morgan fingerprint density at radius 1 is 0.324 bits per heavy atom. The van der Waals surface area contributed by atoms with E-state index in [9.17, 15) is 0 Å². The first kappa shape index (κ1) is 43.1. The standard InChI is InChI=1S/C66H55NS/c1-65(2,3)51-41-50(42-52(43-51)66(4,5)6)56-23-14-19-49-20-15-25-58(63(49)56)57-21-10-12-26-60(57)67(53-37-33-47(34-38-53)46-31-29-45(30-32-46)44-17-8-7-9-18-44)54-39-35-48(36-40-54)55-24-16-28-62-64(55)59-22-11-13-27-61(59)68-62/h7-43H,1-6H3. The van der Waals surface area contributed by atoms with Gasteiger partial charge < -0.3 is 4.90 Å². The highest BCUT2D eigenvalue weighted by Crippen LogP contribution is 2.47. The van der Waals surface area contributed by atoms with Gasteiger partial charge in [0.2, 0.25) is 0 Å². The summed E-state index contributed by atoms with van der Waals surface area (Å²) in [5.41, 5.74) is 18.2. The van der Waals surface area contributed by atoms with Crippen LogP contribution in [0.4, 0.5) is 17.1 Å². The van der Waals surface area contributed by atoms with Crippen molar-refractivity contribution in [3.05, 3.63) is 236 Å². The highest BCUT2D eigenvalue weighted by molar-refractivity contribution is 7.25. The van der Waals surface area contributed by atoms with Gasteiger partial charge in [0, 0.05) is 37.1 Å². The zero-order valence-corrected chi connectivity index (χ0v) is 40.5. The number of para-hydroxylation sites is 1. The predicted molar refractivity (Wildman–Crippen MR) is 296 cm³/mol. The van der Waals surface area contributed by atoms with Gasteiger partial charge in [-0.25, -0.2) is 0 Å². The van der Waals surface area contributed by atoms with Crippen LogP contribution in [0.3, 0.4) is 0 Å². The van der Waals surface area contributed by atoms with Crippen molar-refractivity contribution in [1.29, 1.82) is 0 Å². The number of hydrogen-bond donors (Lipinski definition) is 0. The van der Waals surface area contributed by atoms with Crippen molar-refractivity contribution in [2.45, 2.75) is 52.4 Å². The maximum atomic E-state index is 2.45. The van der Waals surface area contributed by atoms with Crippen molar-refractivity contribution in [3.8, 4) is 55.6 Å². The molecular formula is C66H55NS. The average Bonchev–Trinajstić information content (AvgIpc) is 3.76. The van der Waals surface area contributed by atoms with E-state index in [1.54, 1.807) is 0 Å². The van der Waals surface area contributed by atoms with Crippen LogP contribution in [0, 0.1) is 0 Å². The lowest BCUT2D eigenvalue weighted by atomic mass is 9.78. The summed E-state index contributed by atoms with van der Waals surface area (Å²) < 4.78 is 2.63. The highest BCUT2D eigenvalue weighted by atomic mass is 32.1. The smallest absolute Gasteiger partial charge is 0.0540 e. The van der Waals surface area contributed by atoms with Crippen LogP contribution >= 0.6 is 11.3 Å². The third kappa shape index (κ3) is 8.10. The molecule has 0 atom stereocenters. The van der Waals surface area contributed by atoms with Crippen molar-refractivity contribution < 1.29 is 0 Å². The fourth-order valence-corrected chi connectivity index (χ4v) is 11.0. The Hall–Kier alpha value is -7.52. The Morgan fingerprint density at radius 2 is 0.779 bits per heavy atom. The van der Waals surface area contributed by atoms with Crippen molar-refractivity contribution in [1.82, 2.24) is 0 Å². The first-order valence-corrected chi connectivity index (χ1v) is 24.6. The van der Waals surface area contributed by atoms with Gasteiger partial charge in [0.15, 0.2) is 0 Å². The van der Waals surface area contributed by atoms with Crippen molar-refractivity contribution >= 4 is 59.3 Å². The number of anilines is 3. The van der Waals surface area contributed by atoms with Gasteiger partial charge in [-0.1, -0.05) is 224 Å². The molecule has 0 unspecified atom stereocenters. The van der Waals surface area contributed by atoms with Gasteiger partial charge in [-0.15, -0.1) is 11.3 Å². The SMILES string of the molecule is CC(C)(C)c1cc(-c2cccc3cccc(-c4ccccc4N(c4ccc(-c5ccc(-c6ccccc6)cc5)cc4)c4ccc(-c5cccc6sc7ccccc7c56)cc4)c23)cc(C(C)(C)C)c1. The molecule has 0 saturated heterocycles. The van der Waals surface area contributed by atoms with Gasteiger partial charge in [-0.2, -0.15) is 0 Å². The van der Waals surface area contributed by atoms with Gasteiger partial charge >= 0.3 is 0 Å². The number of benzene rings is 10. The lowest BCUT2D eigenvalue weighted by Crippen LogP contribution is -2.16. The van der Waals surface area contributed by atoms with E-state index in [0.717, 1.165) is 17.1 Å². The molecule has 1 heterocycles. The maximum absolute atomic E-state index is 2.45. The van der Waals surface area contributed by atoms with Crippen LogP contribution in [0.25, 0.3) is 86.6 Å². The predicted octanol–water partition coefficient (Wildman–Crippen LogP) is 19.6. The van der Waals surface area contributed by atoms with E-state index >= 15 is 0 Å². The second-order valence-electron chi connectivity index (χ2n) is 20.2. The van der Waals surface area contributed by atoms with Crippen LogP contribution < -0.4 is 4.90 Å². The van der Waals surface area contributed by atoms with Gasteiger partial charge in [0.25, 0.3) is 0 Å². The number of hydrogen-bond acceptors (Lipinski definition) is 2. The fraction of sp³-hybridized carbons (Fsp3) is 0.121. The molecule has 0 amide bonds. The zero-order valence-electron chi connectivity index (χ0n) is 39.7. The monoisotopic (exact) mass is 893 g/mol. The third-order valence-corrected chi connectivity index (χ3v) is 14.7. The van der Waals surface area contributed by atoms with Crippen LogP contribution in [-0.4, -0.2) is 0 Å². The van der Waals surface area contributed by atoms with Gasteiger partial charge in [0.05, 0.1) is 5.69 Å². The molecule has 1 aromatic heterocycles. The molecule has 2 heteroatoms. The molecule has 0 aliphatic carbocycles. The van der Waals surface area contributed by atoms with Gasteiger partial charge in [-0.05, 0) is 125 Å². The fourth-order valence-electron chi connectivity index (χ4n) is 9.87. The first-order chi connectivity index (χ1) is 33.0.